The van der Waals surface area contributed by atoms with Crippen LogP contribution in [0.25, 0.3) is 0 Å². The second-order valence-corrected chi connectivity index (χ2v) is 7.65. The summed E-state index contributed by atoms with van der Waals surface area (Å²) < 4.78 is 35.1. The Morgan fingerprint density at radius 3 is 2.56 bits per heavy atom. The molecule has 3 heterocycles. The van der Waals surface area contributed by atoms with Crippen molar-refractivity contribution >= 4 is 5.82 Å². The number of methoxy groups -OCH3 is 1. The summed E-state index contributed by atoms with van der Waals surface area (Å²) in [7, 11) is 1.64. The van der Waals surface area contributed by atoms with Gasteiger partial charge in [0.15, 0.2) is 0 Å². The molecule has 1 atom stereocenters. The Kier molecular flexibility index (Phi) is 4.76. The number of alkyl halides is 2. The first-order valence-electron chi connectivity index (χ1n) is 9.40. The number of piperidine rings is 1. The van der Waals surface area contributed by atoms with Crippen molar-refractivity contribution in [3.8, 4) is 5.75 Å². The summed E-state index contributed by atoms with van der Waals surface area (Å²) in [5, 5.41) is 0. The zero-order valence-corrected chi connectivity index (χ0v) is 15.6. The third kappa shape index (κ3) is 3.50. The van der Waals surface area contributed by atoms with Gasteiger partial charge < -0.3 is 9.64 Å². The van der Waals surface area contributed by atoms with Crippen LogP contribution >= 0.6 is 0 Å². The number of aromatic nitrogens is 1. The molecule has 1 aromatic carbocycles. The molecule has 4 rings (SSSR count). The topological polar surface area (TPSA) is 28.6 Å². The van der Waals surface area contributed by atoms with E-state index in [-0.39, 0.29) is 6.42 Å². The predicted molar refractivity (Wildman–Crippen MR) is 101 cm³/mol. The molecule has 1 spiro atoms. The molecule has 0 saturated carbocycles. The fourth-order valence-corrected chi connectivity index (χ4v) is 4.35. The van der Waals surface area contributed by atoms with Crippen molar-refractivity contribution in [2.24, 2.45) is 5.41 Å². The highest BCUT2D eigenvalue weighted by Crippen LogP contribution is 2.50. The molecule has 2 fully saturated rings. The van der Waals surface area contributed by atoms with Crippen LogP contribution in [0.4, 0.5) is 14.6 Å². The van der Waals surface area contributed by atoms with Gasteiger partial charge in [-0.2, -0.15) is 0 Å². The molecule has 144 valence electrons. The van der Waals surface area contributed by atoms with Crippen molar-refractivity contribution in [2.75, 3.05) is 38.2 Å². The Morgan fingerprint density at radius 2 is 1.85 bits per heavy atom. The second-order valence-electron chi connectivity index (χ2n) is 7.65. The number of pyridine rings is 1. The molecule has 0 N–H and O–H groups in total. The van der Waals surface area contributed by atoms with Crippen LogP contribution in [-0.2, 0) is 6.54 Å². The maximum Gasteiger partial charge on any atom is 0.257 e. The lowest BCUT2D eigenvalue weighted by molar-refractivity contribution is -0.158. The van der Waals surface area contributed by atoms with Crippen LogP contribution in [0.2, 0.25) is 0 Å². The lowest BCUT2D eigenvalue weighted by Gasteiger charge is -2.46. The van der Waals surface area contributed by atoms with Crippen molar-refractivity contribution in [1.29, 1.82) is 0 Å². The number of hydrogen-bond acceptors (Lipinski definition) is 4. The van der Waals surface area contributed by atoms with Gasteiger partial charge in [0, 0.05) is 45.3 Å². The molecule has 4 nitrogen and oxygen atoms in total. The minimum Gasteiger partial charge on any atom is -0.497 e. The first-order valence-corrected chi connectivity index (χ1v) is 9.40. The number of likely N-dealkylation sites (tertiary alicyclic amines) is 1. The van der Waals surface area contributed by atoms with Crippen molar-refractivity contribution in [1.82, 2.24) is 9.88 Å². The fraction of sp³-hybridized carbons (Fsp3) is 0.476. The van der Waals surface area contributed by atoms with E-state index in [4.69, 9.17) is 4.74 Å². The van der Waals surface area contributed by atoms with Crippen LogP contribution in [-0.4, -0.2) is 49.1 Å². The summed E-state index contributed by atoms with van der Waals surface area (Å²) in [5.74, 6) is -1.05. The van der Waals surface area contributed by atoms with Crippen LogP contribution in [0.15, 0.2) is 48.7 Å². The lowest BCUT2D eigenvalue weighted by Crippen LogP contribution is -2.56. The van der Waals surface area contributed by atoms with Gasteiger partial charge >= 0.3 is 0 Å². The number of anilines is 1. The minimum absolute atomic E-state index is 0.0841. The Hall–Kier alpha value is -2.21. The summed E-state index contributed by atoms with van der Waals surface area (Å²) >= 11 is 0. The third-order valence-electron chi connectivity index (χ3n) is 5.94. The monoisotopic (exact) mass is 373 g/mol. The molecule has 6 heteroatoms. The highest BCUT2D eigenvalue weighted by molar-refractivity contribution is 5.40. The number of halogens is 2. The quantitative estimate of drug-likeness (QED) is 0.815. The van der Waals surface area contributed by atoms with E-state index in [1.54, 1.807) is 13.3 Å². The zero-order valence-electron chi connectivity index (χ0n) is 15.6. The van der Waals surface area contributed by atoms with Gasteiger partial charge in [0.25, 0.3) is 5.92 Å². The van der Waals surface area contributed by atoms with Gasteiger partial charge in [-0.25, -0.2) is 13.8 Å². The zero-order chi connectivity index (χ0) is 18.9. The van der Waals surface area contributed by atoms with Gasteiger partial charge in [-0.05, 0) is 36.2 Å². The summed E-state index contributed by atoms with van der Waals surface area (Å²) in [6, 6.07) is 13.5. The van der Waals surface area contributed by atoms with Gasteiger partial charge in [0.05, 0.1) is 12.5 Å². The molecule has 0 aliphatic carbocycles. The van der Waals surface area contributed by atoms with E-state index in [1.807, 2.05) is 47.4 Å². The highest BCUT2D eigenvalue weighted by Gasteiger charge is 2.59. The molecule has 2 saturated heterocycles. The van der Waals surface area contributed by atoms with Crippen molar-refractivity contribution in [2.45, 2.75) is 25.3 Å². The van der Waals surface area contributed by atoms with Crippen molar-refractivity contribution in [3.63, 3.8) is 0 Å². The Balaban J connectivity index is 1.49. The van der Waals surface area contributed by atoms with E-state index < -0.39 is 11.3 Å². The van der Waals surface area contributed by atoms with Gasteiger partial charge in [-0.15, -0.1) is 0 Å². The molecular formula is C21H25F2N3O. The Morgan fingerprint density at radius 1 is 1.04 bits per heavy atom. The van der Waals surface area contributed by atoms with Crippen LogP contribution in [0.3, 0.4) is 0 Å². The summed E-state index contributed by atoms with van der Waals surface area (Å²) in [5.41, 5.74) is 0.116. The number of rotatable bonds is 4. The van der Waals surface area contributed by atoms with Gasteiger partial charge in [0.2, 0.25) is 0 Å². The van der Waals surface area contributed by atoms with Gasteiger partial charge in [0.1, 0.15) is 11.6 Å². The first kappa shape index (κ1) is 18.2. The van der Waals surface area contributed by atoms with E-state index in [0.717, 1.165) is 17.1 Å². The largest absolute Gasteiger partial charge is 0.497 e. The molecule has 0 unspecified atom stereocenters. The number of nitrogens with zero attached hydrogens (tertiary/aromatic N) is 3. The molecule has 0 amide bonds. The van der Waals surface area contributed by atoms with Crippen molar-refractivity contribution < 1.29 is 13.5 Å². The minimum atomic E-state index is -2.65. The average molecular weight is 373 g/mol. The second kappa shape index (κ2) is 7.08. The smallest absolute Gasteiger partial charge is 0.257 e. The molecule has 2 aliphatic heterocycles. The molecule has 2 aliphatic rings. The number of benzene rings is 1. The standard InChI is InChI=1S/C21H25F2N3O/c1-27-18-7-5-17(6-8-18)14-25-12-10-21(22,23)20(15-25)9-13-26(16-20)19-4-2-3-11-24-19/h2-8,11H,9-10,12-16H2,1H3/t20-/m0/s1. The fourth-order valence-electron chi connectivity index (χ4n) is 4.35. The summed E-state index contributed by atoms with van der Waals surface area (Å²) in [6.07, 6.45) is 2.13. The Labute approximate surface area is 158 Å². The molecule has 1 aromatic heterocycles. The number of hydrogen-bond donors (Lipinski definition) is 0. The molecule has 27 heavy (non-hydrogen) atoms. The van der Waals surface area contributed by atoms with Crippen LogP contribution in [0.5, 0.6) is 5.75 Å². The van der Waals surface area contributed by atoms with E-state index in [1.165, 1.54) is 0 Å². The van der Waals surface area contributed by atoms with Crippen LogP contribution in [0, 0.1) is 5.41 Å². The molecule has 0 radical (unpaired) electrons. The number of ether oxygens (including phenoxy) is 1. The van der Waals surface area contributed by atoms with Crippen LogP contribution in [0.1, 0.15) is 18.4 Å². The maximum atomic E-state index is 15.0. The highest BCUT2D eigenvalue weighted by atomic mass is 19.3. The summed E-state index contributed by atoms with van der Waals surface area (Å²) in [4.78, 5) is 8.52. The SMILES string of the molecule is COc1ccc(CN2CCC(F)(F)[C@@]3(CCN(c4ccccn4)C3)C2)cc1. The van der Waals surface area contributed by atoms with E-state index >= 15 is 0 Å². The average Bonchev–Trinajstić information content (AvgIpc) is 3.12. The van der Waals surface area contributed by atoms with E-state index in [2.05, 4.69) is 9.88 Å². The maximum absolute atomic E-state index is 15.0. The third-order valence-corrected chi connectivity index (χ3v) is 5.94. The molecule has 2 aromatic rings. The van der Waals surface area contributed by atoms with E-state index in [0.29, 0.717) is 39.1 Å². The Bertz CT molecular complexity index is 769. The molecular weight excluding hydrogens is 348 g/mol. The van der Waals surface area contributed by atoms with Gasteiger partial charge in [-0.3, -0.25) is 4.90 Å². The lowest BCUT2D eigenvalue weighted by atomic mass is 9.75. The first-order chi connectivity index (χ1) is 13.0. The normalized spacial score (nSPS) is 25.1. The van der Waals surface area contributed by atoms with Crippen molar-refractivity contribution in [3.05, 3.63) is 54.2 Å². The van der Waals surface area contributed by atoms with Gasteiger partial charge in [-0.1, -0.05) is 18.2 Å². The summed E-state index contributed by atoms with van der Waals surface area (Å²) in [6.45, 7) is 2.50. The molecule has 0 bridgehead atoms. The van der Waals surface area contributed by atoms with E-state index in [9.17, 15) is 8.78 Å². The van der Waals surface area contributed by atoms with Crippen LogP contribution < -0.4 is 9.64 Å². The predicted octanol–water partition coefficient (Wildman–Crippen LogP) is 3.83.